The minimum atomic E-state index is -3.04. The molecule has 2 heterocycles. The molecule has 2 fully saturated rings. The second-order valence-electron chi connectivity index (χ2n) is 7.24. The van der Waals surface area contributed by atoms with E-state index in [-0.39, 0.29) is 29.7 Å². The molecule has 28 heavy (non-hydrogen) atoms. The predicted molar refractivity (Wildman–Crippen MR) is 126 cm³/mol. The Labute approximate surface area is 186 Å². The van der Waals surface area contributed by atoms with Gasteiger partial charge >= 0.3 is 0 Å². The average molecular weight is 521 g/mol. The SMILES string of the molecule is CCNC(=NCCN1CCCS1(=O)=O)NC1CCN(c2ccc(C)cc2)C1.I. The zero-order valence-corrected chi connectivity index (χ0v) is 19.9. The normalized spacial score (nSPS) is 22.1. The number of rotatable bonds is 6. The second-order valence-corrected chi connectivity index (χ2v) is 9.33. The zero-order chi connectivity index (χ0) is 19.3. The molecule has 1 unspecified atom stereocenters. The van der Waals surface area contributed by atoms with Crippen LogP contribution in [0.5, 0.6) is 0 Å². The van der Waals surface area contributed by atoms with E-state index in [0.29, 0.717) is 25.7 Å². The molecule has 0 aromatic heterocycles. The van der Waals surface area contributed by atoms with Crippen LogP contribution in [0.4, 0.5) is 5.69 Å². The maximum Gasteiger partial charge on any atom is 0.214 e. The summed E-state index contributed by atoms with van der Waals surface area (Å²) < 4.78 is 25.3. The summed E-state index contributed by atoms with van der Waals surface area (Å²) in [5.41, 5.74) is 2.53. The minimum absolute atomic E-state index is 0. The molecule has 1 aromatic carbocycles. The van der Waals surface area contributed by atoms with Crippen molar-refractivity contribution >= 4 is 45.6 Å². The lowest BCUT2D eigenvalue weighted by Crippen LogP contribution is -2.45. The zero-order valence-electron chi connectivity index (χ0n) is 16.7. The number of guanidine groups is 1. The van der Waals surface area contributed by atoms with E-state index in [1.54, 1.807) is 4.31 Å². The van der Waals surface area contributed by atoms with E-state index in [0.717, 1.165) is 38.4 Å². The van der Waals surface area contributed by atoms with Crippen molar-refractivity contribution in [3.63, 3.8) is 0 Å². The van der Waals surface area contributed by atoms with Crippen molar-refractivity contribution in [3.05, 3.63) is 29.8 Å². The maximum absolute atomic E-state index is 11.9. The Kier molecular flexibility index (Phi) is 8.81. The molecule has 0 bridgehead atoms. The number of benzene rings is 1. The first-order valence-electron chi connectivity index (χ1n) is 9.82. The van der Waals surface area contributed by atoms with Gasteiger partial charge < -0.3 is 15.5 Å². The standard InChI is InChI=1S/C19H31N5O2S.HI/c1-3-20-19(21-10-13-24-11-4-14-27(24,25)26)22-17-9-12-23(15-17)18-7-5-16(2)6-8-18;/h5-8,17H,3-4,9-15H2,1-2H3,(H2,20,21,22);1H. The van der Waals surface area contributed by atoms with Crippen molar-refractivity contribution in [2.45, 2.75) is 32.7 Å². The number of hydrogen-bond donors (Lipinski definition) is 2. The lowest BCUT2D eigenvalue weighted by atomic mass is 10.2. The Balaban J connectivity index is 0.00000280. The highest BCUT2D eigenvalue weighted by molar-refractivity contribution is 14.0. The van der Waals surface area contributed by atoms with Crippen LogP contribution in [0.15, 0.2) is 29.3 Å². The number of aryl methyl sites for hydroxylation is 1. The molecule has 0 amide bonds. The molecule has 158 valence electrons. The molecule has 0 radical (unpaired) electrons. The third-order valence-corrected chi connectivity index (χ3v) is 7.05. The van der Waals surface area contributed by atoms with E-state index in [4.69, 9.17) is 0 Å². The quantitative estimate of drug-likeness (QED) is 0.339. The second kappa shape index (κ2) is 10.6. The van der Waals surface area contributed by atoms with Gasteiger partial charge in [0.15, 0.2) is 5.96 Å². The fourth-order valence-corrected chi connectivity index (χ4v) is 5.12. The Morgan fingerprint density at radius 3 is 2.64 bits per heavy atom. The van der Waals surface area contributed by atoms with E-state index in [1.807, 2.05) is 6.92 Å². The summed E-state index contributed by atoms with van der Waals surface area (Å²) in [6, 6.07) is 8.97. The molecule has 0 saturated carbocycles. The molecule has 0 aliphatic carbocycles. The summed E-state index contributed by atoms with van der Waals surface area (Å²) in [6.07, 6.45) is 1.78. The monoisotopic (exact) mass is 521 g/mol. The van der Waals surface area contributed by atoms with Crippen molar-refractivity contribution in [3.8, 4) is 0 Å². The highest BCUT2D eigenvalue weighted by Gasteiger charge is 2.27. The van der Waals surface area contributed by atoms with Gasteiger partial charge in [0.25, 0.3) is 0 Å². The number of nitrogens with one attached hydrogen (secondary N) is 2. The lowest BCUT2D eigenvalue weighted by Gasteiger charge is -2.21. The van der Waals surface area contributed by atoms with Crippen LogP contribution in [-0.4, -0.2) is 69.7 Å². The number of hydrogen-bond acceptors (Lipinski definition) is 4. The molecule has 2 aliphatic rings. The summed E-state index contributed by atoms with van der Waals surface area (Å²) in [4.78, 5) is 6.97. The van der Waals surface area contributed by atoms with Gasteiger partial charge in [-0.25, -0.2) is 12.7 Å². The summed E-state index contributed by atoms with van der Waals surface area (Å²) in [5, 5.41) is 6.77. The third kappa shape index (κ3) is 6.21. The highest BCUT2D eigenvalue weighted by atomic mass is 127. The molecule has 7 nitrogen and oxygen atoms in total. The fraction of sp³-hybridized carbons (Fsp3) is 0.632. The minimum Gasteiger partial charge on any atom is -0.369 e. The Hall–Kier alpha value is -1.07. The summed E-state index contributed by atoms with van der Waals surface area (Å²) >= 11 is 0. The van der Waals surface area contributed by atoms with Crippen molar-refractivity contribution in [1.29, 1.82) is 0 Å². The van der Waals surface area contributed by atoms with Gasteiger partial charge in [0.05, 0.1) is 12.3 Å². The highest BCUT2D eigenvalue weighted by Crippen LogP contribution is 2.20. The molecule has 2 aliphatic heterocycles. The number of nitrogens with zero attached hydrogens (tertiary/aromatic N) is 3. The Morgan fingerprint density at radius 2 is 2.00 bits per heavy atom. The molecule has 1 atom stereocenters. The molecule has 2 saturated heterocycles. The summed E-state index contributed by atoms with van der Waals surface area (Å²) in [5.74, 6) is 1.04. The fourth-order valence-electron chi connectivity index (χ4n) is 3.60. The van der Waals surface area contributed by atoms with Crippen LogP contribution in [0.2, 0.25) is 0 Å². The van der Waals surface area contributed by atoms with Crippen molar-refractivity contribution < 1.29 is 8.42 Å². The number of halogens is 1. The maximum atomic E-state index is 11.9. The summed E-state index contributed by atoms with van der Waals surface area (Å²) in [7, 11) is -3.04. The van der Waals surface area contributed by atoms with E-state index in [1.165, 1.54) is 11.3 Å². The van der Waals surface area contributed by atoms with Crippen LogP contribution < -0.4 is 15.5 Å². The van der Waals surface area contributed by atoms with Gasteiger partial charge in [-0.15, -0.1) is 24.0 Å². The van der Waals surface area contributed by atoms with E-state index in [9.17, 15) is 8.42 Å². The van der Waals surface area contributed by atoms with Gasteiger partial charge in [0, 0.05) is 44.5 Å². The van der Waals surface area contributed by atoms with Gasteiger partial charge in [-0.2, -0.15) is 0 Å². The van der Waals surface area contributed by atoms with Gasteiger partial charge in [0.2, 0.25) is 10.0 Å². The third-order valence-electron chi connectivity index (χ3n) is 5.09. The van der Waals surface area contributed by atoms with Crippen molar-refractivity contribution in [2.24, 2.45) is 4.99 Å². The van der Waals surface area contributed by atoms with Gasteiger partial charge in [-0.05, 0) is 38.8 Å². The van der Waals surface area contributed by atoms with E-state index >= 15 is 0 Å². The summed E-state index contributed by atoms with van der Waals surface area (Å²) in [6.45, 7) is 8.43. The van der Waals surface area contributed by atoms with Crippen LogP contribution in [0.1, 0.15) is 25.3 Å². The van der Waals surface area contributed by atoms with E-state index in [2.05, 4.69) is 51.7 Å². The van der Waals surface area contributed by atoms with Crippen LogP contribution in [0, 0.1) is 6.92 Å². The predicted octanol–water partition coefficient (Wildman–Crippen LogP) is 1.78. The number of anilines is 1. The molecular weight excluding hydrogens is 489 g/mol. The molecule has 1 aromatic rings. The largest absolute Gasteiger partial charge is 0.369 e. The van der Waals surface area contributed by atoms with Gasteiger partial charge in [-0.3, -0.25) is 4.99 Å². The molecule has 0 spiro atoms. The molecular formula is C19H32IN5O2S. The lowest BCUT2D eigenvalue weighted by molar-refractivity contribution is 0.451. The first kappa shape index (κ1) is 23.2. The topological polar surface area (TPSA) is 77.0 Å². The van der Waals surface area contributed by atoms with Crippen LogP contribution >= 0.6 is 24.0 Å². The first-order valence-corrected chi connectivity index (χ1v) is 11.4. The first-order chi connectivity index (χ1) is 13.0. The average Bonchev–Trinajstić information content (AvgIpc) is 3.22. The molecule has 3 rings (SSSR count). The number of aliphatic imine (C=N–C) groups is 1. The van der Waals surface area contributed by atoms with Gasteiger partial charge in [0.1, 0.15) is 0 Å². The Morgan fingerprint density at radius 1 is 1.25 bits per heavy atom. The number of sulfonamides is 1. The van der Waals surface area contributed by atoms with Crippen LogP contribution in [0.25, 0.3) is 0 Å². The van der Waals surface area contributed by atoms with Crippen molar-refractivity contribution in [1.82, 2.24) is 14.9 Å². The van der Waals surface area contributed by atoms with Crippen molar-refractivity contribution in [2.75, 3.05) is 49.9 Å². The molecule has 9 heteroatoms. The smallest absolute Gasteiger partial charge is 0.214 e. The molecule has 2 N–H and O–H groups in total. The van der Waals surface area contributed by atoms with Gasteiger partial charge in [-0.1, -0.05) is 17.7 Å². The van der Waals surface area contributed by atoms with E-state index < -0.39 is 10.0 Å². The Bertz CT molecular complexity index is 754. The van der Waals surface area contributed by atoms with Crippen LogP contribution in [-0.2, 0) is 10.0 Å². The van der Waals surface area contributed by atoms with Crippen LogP contribution in [0.3, 0.4) is 0 Å².